The van der Waals surface area contributed by atoms with Gasteiger partial charge in [0.1, 0.15) is 6.17 Å². The van der Waals surface area contributed by atoms with Crippen molar-refractivity contribution in [2.75, 3.05) is 18.0 Å². The third kappa shape index (κ3) is 3.69. The summed E-state index contributed by atoms with van der Waals surface area (Å²) in [5.74, 6) is 0. The predicted molar refractivity (Wildman–Crippen MR) is 96.9 cm³/mol. The number of hydrogen-bond donors (Lipinski definition) is 1. The minimum absolute atomic E-state index is 0.0758. The zero-order valence-corrected chi connectivity index (χ0v) is 14.9. The summed E-state index contributed by atoms with van der Waals surface area (Å²) in [6.07, 6.45) is 4.36. The first-order valence-electron chi connectivity index (χ1n) is 9.49. The number of hydrogen-bond acceptors (Lipinski definition) is 5. The van der Waals surface area contributed by atoms with Gasteiger partial charge >= 0.3 is 0 Å². The molecule has 3 fully saturated rings. The molecule has 0 amide bonds. The van der Waals surface area contributed by atoms with Gasteiger partial charge < -0.3 is 15.4 Å². The van der Waals surface area contributed by atoms with E-state index >= 15 is 0 Å². The summed E-state index contributed by atoms with van der Waals surface area (Å²) >= 11 is 0. The number of nitrogens with two attached hydrogens (primary N) is 1. The Morgan fingerprint density at radius 2 is 1.96 bits per heavy atom. The number of ether oxygens (including phenoxy) is 1. The van der Waals surface area contributed by atoms with Crippen molar-refractivity contribution in [1.29, 1.82) is 0 Å². The molecule has 1 saturated heterocycles. The lowest BCUT2D eigenvalue weighted by Crippen LogP contribution is -2.34. The van der Waals surface area contributed by atoms with Crippen LogP contribution in [-0.2, 0) is 11.3 Å². The van der Waals surface area contributed by atoms with Gasteiger partial charge in [0.25, 0.3) is 5.69 Å². The zero-order chi connectivity index (χ0) is 18.3. The van der Waals surface area contributed by atoms with Gasteiger partial charge in [-0.15, -0.1) is 0 Å². The molecular formula is C19H26FN3O3. The summed E-state index contributed by atoms with van der Waals surface area (Å²) in [6, 6.07) is 4.85. The molecule has 0 unspecified atom stereocenters. The molecular weight excluding hydrogens is 337 g/mol. The molecule has 4 rings (SSSR count). The molecule has 6 nitrogen and oxygen atoms in total. The third-order valence-electron chi connectivity index (χ3n) is 6.28. The number of alkyl halides is 1. The molecule has 0 aromatic heterocycles. The molecule has 7 heteroatoms. The van der Waals surface area contributed by atoms with Crippen LogP contribution in [-0.4, -0.2) is 36.3 Å². The Hall–Kier alpha value is -1.73. The van der Waals surface area contributed by atoms with Crippen molar-refractivity contribution < 1.29 is 14.1 Å². The Kier molecular flexibility index (Phi) is 4.61. The molecule has 0 bridgehead atoms. The average molecular weight is 363 g/mol. The summed E-state index contributed by atoms with van der Waals surface area (Å²) < 4.78 is 19.2. The Bertz CT molecular complexity index is 685. The molecule has 1 spiro atoms. The second-order valence-electron chi connectivity index (χ2n) is 8.18. The number of nitrogens with zero attached hydrogens (tertiary/aromatic N) is 2. The second kappa shape index (κ2) is 6.78. The smallest absolute Gasteiger partial charge is 0.271 e. The SMILES string of the molecule is N[C@@H]1C[C@@H](F)C[C@H]1OCc1cc(N2CCC3(CC2)CC3)cc([N+](=O)[O-])c1. The number of halogens is 1. The van der Waals surface area contributed by atoms with E-state index in [1.165, 1.54) is 12.8 Å². The van der Waals surface area contributed by atoms with Crippen LogP contribution in [0.5, 0.6) is 0 Å². The van der Waals surface area contributed by atoms with Crippen molar-refractivity contribution in [1.82, 2.24) is 0 Å². The van der Waals surface area contributed by atoms with Gasteiger partial charge in [-0.2, -0.15) is 0 Å². The number of nitro benzene ring substituents is 1. The Morgan fingerprint density at radius 1 is 1.23 bits per heavy atom. The van der Waals surface area contributed by atoms with Crippen molar-refractivity contribution in [2.45, 2.75) is 63.4 Å². The van der Waals surface area contributed by atoms with Crippen LogP contribution < -0.4 is 10.6 Å². The topological polar surface area (TPSA) is 81.6 Å². The van der Waals surface area contributed by atoms with Crippen LogP contribution in [0, 0.1) is 15.5 Å². The number of anilines is 1. The molecule has 1 heterocycles. The fraction of sp³-hybridized carbons (Fsp3) is 0.684. The van der Waals surface area contributed by atoms with Crippen LogP contribution in [0.2, 0.25) is 0 Å². The van der Waals surface area contributed by atoms with E-state index in [-0.39, 0.29) is 29.4 Å². The second-order valence-corrected chi connectivity index (χ2v) is 8.18. The van der Waals surface area contributed by atoms with Crippen LogP contribution >= 0.6 is 0 Å². The largest absolute Gasteiger partial charge is 0.372 e. The van der Waals surface area contributed by atoms with Crippen LogP contribution in [0.25, 0.3) is 0 Å². The molecule has 3 atom stereocenters. The quantitative estimate of drug-likeness (QED) is 0.641. The highest BCUT2D eigenvalue weighted by Crippen LogP contribution is 2.54. The fourth-order valence-electron chi connectivity index (χ4n) is 4.31. The molecule has 1 aromatic carbocycles. The van der Waals surface area contributed by atoms with Crippen molar-refractivity contribution in [2.24, 2.45) is 11.1 Å². The first-order valence-corrected chi connectivity index (χ1v) is 9.49. The molecule has 26 heavy (non-hydrogen) atoms. The Morgan fingerprint density at radius 3 is 2.54 bits per heavy atom. The maximum atomic E-state index is 13.4. The Labute approximate surface area is 152 Å². The molecule has 1 aliphatic heterocycles. The highest BCUT2D eigenvalue weighted by molar-refractivity contribution is 5.56. The van der Waals surface area contributed by atoms with Gasteiger partial charge in [-0.3, -0.25) is 10.1 Å². The summed E-state index contributed by atoms with van der Waals surface area (Å²) in [5, 5.41) is 11.3. The van der Waals surface area contributed by atoms with Gasteiger partial charge in [-0.1, -0.05) is 0 Å². The maximum Gasteiger partial charge on any atom is 0.271 e. The Balaban J connectivity index is 1.47. The van der Waals surface area contributed by atoms with E-state index in [2.05, 4.69) is 4.90 Å². The molecule has 142 valence electrons. The van der Waals surface area contributed by atoms with E-state index in [4.69, 9.17) is 10.5 Å². The zero-order valence-electron chi connectivity index (χ0n) is 14.9. The average Bonchev–Trinajstić information content (AvgIpc) is 3.29. The van der Waals surface area contributed by atoms with E-state index in [1.807, 2.05) is 6.07 Å². The normalized spacial score (nSPS) is 29.9. The molecule has 3 aliphatic rings. The van der Waals surface area contributed by atoms with Crippen molar-refractivity contribution >= 4 is 11.4 Å². The van der Waals surface area contributed by atoms with Gasteiger partial charge in [0.05, 0.1) is 17.6 Å². The summed E-state index contributed by atoms with van der Waals surface area (Å²) in [7, 11) is 0. The highest BCUT2D eigenvalue weighted by atomic mass is 19.1. The first-order chi connectivity index (χ1) is 12.4. The van der Waals surface area contributed by atoms with E-state index in [1.54, 1.807) is 12.1 Å². The molecule has 2 aliphatic carbocycles. The summed E-state index contributed by atoms with van der Waals surface area (Å²) in [6.45, 7) is 2.11. The molecule has 2 N–H and O–H groups in total. The van der Waals surface area contributed by atoms with E-state index < -0.39 is 6.17 Å². The predicted octanol–water partition coefficient (Wildman–Crippen LogP) is 3.32. The highest BCUT2D eigenvalue weighted by Gasteiger charge is 2.44. The lowest BCUT2D eigenvalue weighted by Gasteiger charge is -2.34. The number of rotatable bonds is 5. The van der Waals surface area contributed by atoms with Crippen molar-refractivity contribution in [3.8, 4) is 0 Å². The minimum Gasteiger partial charge on any atom is -0.372 e. The van der Waals surface area contributed by atoms with E-state index in [9.17, 15) is 14.5 Å². The van der Waals surface area contributed by atoms with Gasteiger partial charge in [-0.05, 0) is 49.1 Å². The number of piperidine rings is 1. The fourth-order valence-corrected chi connectivity index (χ4v) is 4.31. The lowest BCUT2D eigenvalue weighted by atomic mass is 9.93. The lowest BCUT2D eigenvalue weighted by molar-refractivity contribution is -0.384. The standard InChI is InChI=1S/C19H26FN3O3/c20-14-9-17(21)18(10-14)26-12-13-7-15(11-16(8-13)23(24)25)22-5-3-19(1-2-19)4-6-22/h7-8,11,14,17-18H,1-6,9-10,12,21H2/t14-,17-,18-/m1/s1. The number of non-ortho nitro benzene ring substituents is 1. The minimum atomic E-state index is -0.918. The molecule has 2 saturated carbocycles. The summed E-state index contributed by atoms with van der Waals surface area (Å²) in [4.78, 5) is 13.2. The number of nitro groups is 1. The van der Waals surface area contributed by atoms with Crippen molar-refractivity contribution in [3.05, 3.63) is 33.9 Å². The van der Waals surface area contributed by atoms with Crippen LogP contribution in [0.4, 0.5) is 15.8 Å². The van der Waals surface area contributed by atoms with Gasteiger partial charge in [0.2, 0.25) is 0 Å². The van der Waals surface area contributed by atoms with Gasteiger partial charge in [-0.25, -0.2) is 4.39 Å². The molecule has 1 aromatic rings. The van der Waals surface area contributed by atoms with Gasteiger partial charge in [0.15, 0.2) is 0 Å². The van der Waals surface area contributed by atoms with Crippen LogP contribution in [0.15, 0.2) is 18.2 Å². The van der Waals surface area contributed by atoms with E-state index in [0.29, 0.717) is 18.3 Å². The summed E-state index contributed by atoms with van der Waals surface area (Å²) in [5.41, 5.74) is 8.17. The van der Waals surface area contributed by atoms with Crippen LogP contribution in [0.3, 0.4) is 0 Å². The first kappa shape index (κ1) is 17.7. The number of benzene rings is 1. The van der Waals surface area contributed by atoms with E-state index in [0.717, 1.165) is 37.2 Å². The van der Waals surface area contributed by atoms with Gasteiger partial charge in [0, 0.05) is 43.4 Å². The monoisotopic (exact) mass is 363 g/mol. The maximum absolute atomic E-state index is 13.4. The third-order valence-corrected chi connectivity index (χ3v) is 6.28. The van der Waals surface area contributed by atoms with Crippen molar-refractivity contribution in [3.63, 3.8) is 0 Å². The van der Waals surface area contributed by atoms with Crippen LogP contribution in [0.1, 0.15) is 44.1 Å². The molecule has 0 radical (unpaired) electrons.